The summed E-state index contributed by atoms with van der Waals surface area (Å²) in [5.41, 5.74) is 0.981. The maximum Gasteiger partial charge on any atom is 0.396 e. The predicted molar refractivity (Wildman–Crippen MR) is 96.1 cm³/mol. The number of ether oxygens (including phenoxy) is 1. The topological polar surface area (TPSA) is 26.3 Å². The number of carbonyl (C=O) groups excluding carboxylic acids is 1. The summed E-state index contributed by atoms with van der Waals surface area (Å²) in [5, 5.41) is 0. The molecule has 158 valence electrons. The number of hydrogen-bond acceptors (Lipinski definition) is 2. The van der Waals surface area contributed by atoms with E-state index in [1.54, 1.807) is 19.1 Å². The van der Waals surface area contributed by atoms with E-state index in [-0.39, 0.29) is 29.9 Å². The average molecular weight is 418 g/mol. The summed E-state index contributed by atoms with van der Waals surface area (Å²) in [6.45, 7) is 1.60. The van der Waals surface area contributed by atoms with Gasteiger partial charge in [0.15, 0.2) is 5.78 Å². The van der Waals surface area contributed by atoms with Crippen LogP contribution in [-0.4, -0.2) is 24.7 Å². The second-order valence-electron chi connectivity index (χ2n) is 6.72. The molecule has 0 amide bonds. The number of Topliss-reactive ketones (excluding diaryl/α,β-unsaturated/α-hetero) is 1. The van der Waals surface area contributed by atoms with Gasteiger partial charge >= 0.3 is 12.4 Å². The summed E-state index contributed by atoms with van der Waals surface area (Å²) in [6, 6.07) is 11.2. The SMILES string of the molecule is Cc1ccc(C(=O)C[C@H](c2ccc(OCCCC(F)(F)F)cc2)C(F)(F)F)cc1. The Labute approximate surface area is 164 Å². The largest absolute Gasteiger partial charge is 0.494 e. The van der Waals surface area contributed by atoms with Gasteiger partial charge in [0, 0.05) is 18.4 Å². The van der Waals surface area contributed by atoms with Crippen molar-refractivity contribution in [2.75, 3.05) is 6.61 Å². The minimum Gasteiger partial charge on any atom is -0.494 e. The van der Waals surface area contributed by atoms with Crippen molar-refractivity contribution in [3.05, 3.63) is 65.2 Å². The average Bonchev–Trinajstić information content (AvgIpc) is 2.62. The number of aryl methyl sites for hydroxylation is 1. The smallest absolute Gasteiger partial charge is 0.396 e. The van der Waals surface area contributed by atoms with Crippen LogP contribution in [0.2, 0.25) is 0 Å². The lowest BCUT2D eigenvalue weighted by atomic mass is 9.91. The molecule has 0 saturated carbocycles. The maximum atomic E-state index is 13.5. The summed E-state index contributed by atoms with van der Waals surface area (Å²) in [4.78, 5) is 12.3. The van der Waals surface area contributed by atoms with Crippen LogP contribution in [0, 0.1) is 6.92 Å². The molecule has 29 heavy (non-hydrogen) atoms. The molecule has 2 aromatic carbocycles. The van der Waals surface area contributed by atoms with Crippen LogP contribution in [0.4, 0.5) is 26.3 Å². The van der Waals surface area contributed by atoms with Crippen molar-refractivity contribution in [3.8, 4) is 5.75 Å². The number of ketones is 1. The lowest BCUT2D eigenvalue weighted by molar-refractivity contribution is -0.149. The highest BCUT2D eigenvalue weighted by Crippen LogP contribution is 2.38. The van der Waals surface area contributed by atoms with E-state index in [0.717, 1.165) is 5.56 Å². The van der Waals surface area contributed by atoms with Crippen LogP contribution in [0.15, 0.2) is 48.5 Å². The summed E-state index contributed by atoms with van der Waals surface area (Å²) < 4.78 is 82.0. The normalized spacial score (nSPS) is 13.2. The first-order chi connectivity index (χ1) is 13.5. The minimum atomic E-state index is -4.63. The molecule has 0 fully saturated rings. The van der Waals surface area contributed by atoms with Gasteiger partial charge in [0.05, 0.1) is 12.5 Å². The number of halogens is 6. The molecule has 0 aliphatic rings. The van der Waals surface area contributed by atoms with Gasteiger partial charge in [-0.25, -0.2) is 0 Å². The molecule has 0 unspecified atom stereocenters. The van der Waals surface area contributed by atoms with Crippen LogP contribution in [-0.2, 0) is 0 Å². The molecule has 2 aromatic rings. The molecule has 2 rings (SSSR count). The Morgan fingerprint density at radius 2 is 1.52 bits per heavy atom. The van der Waals surface area contributed by atoms with Gasteiger partial charge in [-0.3, -0.25) is 4.79 Å². The Morgan fingerprint density at radius 3 is 2.03 bits per heavy atom. The third-order valence-corrected chi connectivity index (χ3v) is 4.31. The van der Waals surface area contributed by atoms with Crippen LogP contribution in [0.1, 0.15) is 46.7 Å². The Balaban J connectivity index is 2.04. The molecule has 0 bridgehead atoms. The van der Waals surface area contributed by atoms with E-state index in [1.165, 1.54) is 36.4 Å². The highest BCUT2D eigenvalue weighted by atomic mass is 19.4. The van der Waals surface area contributed by atoms with Crippen molar-refractivity contribution in [2.45, 2.75) is 44.5 Å². The zero-order valence-corrected chi connectivity index (χ0v) is 15.6. The molecule has 0 spiro atoms. The first kappa shape index (κ1) is 22.8. The molecule has 0 aliphatic carbocycles. The van der Waals surface area contributed by atoms with Gasteiger partial charge in [-0.15, -0.1) is 0 Å². The van der Waals surface area contributed by atoms with Gasteiger partial charge in [0.1, 0.15) is 5.75 Å². The van der Waals surface area contributed by atoms with Gasteiger partial charge in [0.2, 0.25) is 0 Å². The van der Waals surface area contributed by atoms with Crippen molar-refractivity contribution < 1.29 is 35.9 Å². The molecule has 0 heterocycles. The minimum absolute atomic E-state index is 0.111. The summed E-state index contributed by atoms with van der Waals surface area (Å²) in [5.74, 6) is -2.45. The molecule has 8 heteroatoms. The third kappa shape index (κ3) is 7.44. The van der Waals surface area contributed by atoms with Crippen LogP contribution < -0.4 is 4.74 Å². The van der Waals surface area contributed by atoms with Crippen molar-refractivity contribution >= 4 is 5.78 Å². The fourth-order valence-corrected chi connectivity index (χ4v) is 2.72. The van der Waals surface area contributed by atoms with Crippen molar-refractivity contribution in [3.63, 3.8) is 0 Å². The number of hydrogen-bond donors (Lipinski definition) is 0. The highest BCUT2D eigenvalue weighted by molar-refractivity contribution is 5.96. The van der Waals surface area contributed by atoms with Crippen molar-refractivity contribution in [1.82, 2.24) is 0 Å². The van der Waals surface area contributed by atoms with E-state index in [1.807, 2.05) is 0 Å². The second-order valence-corrected chi connectivity index (χ2v) is 6.72. The summed E-state index contributed by atoms with van der Waals surface area (Å²) in [7, 11) is 0. The first-order valence-electron chi connectivity index (χ1n) is 8.92. The number of rotatable bonds is 8. The molecule has 0 N–H and O–H groups in total. The molecule has 0 radical (unpaired) electrons. The summed E-state index contributed by atoms with van der Waals surface area (Å²) in [6.07, 6.45) is -10.9. The second kappa shape index (κ2) is 9.33. The zero-order chi connectivity index (χ0) is 21.7. The number of alkyl halides is 6. The molecule has 2 nitrogen and oxygen atoms in total. The summed E-state index contributed by atoms with van der Waals surface area (Å²) >= 11 is 0. The van der Waals surface area contributed by atoms with Gasteiger partial charge in [-0.2, -0.15) is 26.3 Å². The van der Waals surface area contributed by atoms with E-state index in [4.69, 9.17) is 4.74 Å². The van der Waals surface area contributed by atoms with Crippen LogP contribution in [0.25, 0.3) is 0 Å². The predicted octanol–water partition coefficient (Wildman–Crippen LogP) is 6.64. The van der Waals surface area contributed by atoms with Crippen molar-refractivity contribution in [2.24, 2.45) is 0 Å². The Bertz CT molecular complexity index is 792. The van der Waals surface area contributed by atoms with Gasteiger partial charge in [-0.05, 0) is 31.0 Å². The highest BCUT2D eigenvalue weighted by Gasteiger charge is 2.42. The fraction of sp³-hybridized carbons (Fsp3) is 0.381. The zero-order valence-electron chi connectivity index (χ0n) is 15.6. The number of benzene rings is 2. The van der Waals surface area contributed by atoms with E-state index < -0.39 is 36.9 Å². The van der Waals surface area contributed by atoms with Crippen LogP contribution in [0.3, 0.4) is 0 Å². The van der Waals surface area contributed by atoms with E-state index in [2.05, 4.69) is 0 Å². The first-order valence-corrected chi connectivity index (χ1v) is 8.92. The standard InChI is InChI=1S/C21H20F6O2/c1-14-3-5-16(6-4-14)19(28)13-18(21(25,26)27)15-7-9-17(10-8-15)29-12-2-11-20(22,23)24/h3-10,18H,2,11-13H2,1H3/t18-/m1/s1. The lowest BCUT2D eigenvalue weighted by Crippen LogP contribution is -2.23. The fourth-order valence-electron chi connectivity index (χ4n) is 2.72. The van der Waals surface area contributed by atoms with Crippen molar-refractivity contribution in [1.29, 1.82) is 0 Å². The maximum absolute atomic E-state index is 13.5. The Morgan fingerprint density at radius 1 is 0.931 bits per heavy atom. The quantitative estimate of drug-likeness (QED) is 0.273. The molecule has 0 saturated heterocycles. The van der Waals surface area contributed by atoms with Crippen LogP contribution >= 0.6 is 0 Å². The molecule has 0 aromatic heterocycles. The lowest BCUT2D eigenvalue weighted by Gasteiger charge is -2.20. The molecule has 1 atom stereocenters. The van der Waals surface area contributed by atoms with E-state index in [9.17, 15) is 31.1 Å². The van der Waals surface area contributed by atoms with Gasteiger partial charge < -0.3 is 4.74 Å². The van der Waals surface area contributed by atoms with Gasteiger partial charge in [0.25, 0.3) is 0 Å². The molecular weight excluding hydrogens is 398 g/mol. The van der Waals surface area contributed by atoms with E-state index >= 15 is 0 Å². The van der Waals surface area contributed by atoms with E-state index in [0.29, 0.717) is 0 Å². The third-order valence-electron chi connectivity index (χ3n) is 4.31. The van der Waals surface area contributed by atoms with Gasteiger partial charge in [-0.1, -0.05) is 42.0 Å². The Kier molecular flexibility index (Phi) is 7.32. The van der Waals surface area contributed by atoms with Crippen LogP contribution in [0.5, 0.6) is 5.75 Å². The number of carbonyl (C=O) groups is 1. The monoisotopic (exact) mass is 418 g/mol. The molecular formula is C21H20F6O2. The Hall–Kier alpha value is -2.51. The molecule has 0 aliphatic heterocycles.